The molecular weight excluding hydrogens is 228 g/mol. The van der Waals surface area contributed by atoms with E-state index in [0.717, 1.165) is 44.5 Å². The lowest BCUT2D eigenvalue weighted by atomic mass is 9.97. The van der Waals surface area contributed by atoms with Crippen molar-refractivity contribution in [2.45, 2.75) is 51.0 Å². The molecule has 1 saturated heterocycles. The second-order valence-electron chi connectivity index (χ2n) is 5.42. The maximum Gasteiger partial charge on any atom is 0.226 e. The molecule has 0 aromatic rings. The third-order valence-electron chi connectivity index (χ3n) is 4.26. The average Bonchev–Trinajstić information content (AvgIpc) is 3.11. The Morgan fingerprint density at radius 3 is 2.61 bits per heavy atom. The average molecular weight is 248 g/mol. The number of likely N-dealkylation sites (tertiary alicyclic amines) is 1. The molecule has 1 amide bonds. The van der Waals surface area contributed by atoms with Crippen molar-refractivity contribution in [3.05, 3.63) is 0 Å². The van der Waals surface area contributed by atoms with Crippen molar-refractivity contribution in [3.8, 4) is 0 Å². The second kappa shape index (κ2) is 5.16. The quantitative estimate of drug-likeness (QED) is 0.740. The Bertz CT molecular complexity index is 384. The van der Waals surface area contributed by atoms with Gasteiger partial charge in [0.25, 0.3) is 0 Å². The predicted molar refractivity (Wildman–Crippen MR) is 68.5 cm³/mol. The van der Waals surface area contributed by atoms with Crippen molar-refractivity contribution < 1.29 is 4.79 Å². The largest absolute Gasteiger partial charge is 0.332 e. The van der Waals surface area contributed by atoms with Gasteiger partial charge in [-0.05, 0) is 32.1 Å². The molecule has 5 nitrogen and oxygen atoms in total. The smallest absolute Gasteiger partial charge is 0.226 e. The molecule has 1 aliphatic carbocycles. The van der Waals surface area contributed by atoms with E-state index in [1.165, 1.54) is 12.8 Å². The summed E-state index contributed by atoms with van der Waals surface area (Å²) in [5, 5.41) is 8.01. The van der Waals surface area contributed by atoms with Crippen molar-refractivity contribution in [3.63, 3.8) is 0 Å². The molecule has 0 bridgehead atoms. The van der Waals surface area contributed by atoms with E-state index in [4.69, 9.17) is 0 Å². The molecule has 3 rings (SSSR count). The van der Waals surface area contributed by atoms with Crippen molar-refractivity contribution in [1.29, 1.82) is 0 Å². The first-order chi connectivity index (χ1) is 8.86. The molecule has 3 aliphatic rings. The second-order valence-corrected chi connectivity index (χ2v) is 5.42. The fourth-order valence-electron chi connectivity index (χ4n) is 3.28. The Morgan fingerprint density at radius 1 is 1.11 bits per heavy atom. The number of hydrogen-bond donors (Lipinski definition) is 0. The molecule has 0 aromatic carbocycles. The van der Waals surface area contributed by atoms with Gasteiger partial charge in [-0.1, -0.05) is 12.8 Å². The molecule has 98 valence electrons. The van der Waals surface area contributed by atoms with Gasteiger partial charge in [-0.25, -0.2) is 4.99 Å². The molecule has 0 aromatic heterocycles. The summed E-state index contributed by atoms with van der Waals surface area (Å²) >= 11 is 0. The normalized spacial score (nSPS) is 28.8. The topological polar surface area (TPSA) is 57.4 Å². The Hall–Kier alpha value is -1.26. The lowest BCUT2D eigenvalue weighted by Gasteiger charge is -2.36. The first-order valence-electron chi connectivity index (χ1n) is 7.08. The van der Waals surface area contributed by atoms with Crippen LogP contribution in [0.15, 0.2) is 15.2 Å². The van der Waals surface area contributed by atoms with Gasteiger partial charge in [0.1, 0.15) is 0 Å². The molecule has 0 N–H and O–H groups in total. The molecule has 1 saturated carbocycles. The Kier molecular flexibility index (Phi) is 3.39. The molecule has 1 unspecified atom stereocenters. The molecule has 18 heavy (non-hydrogen) atoms. The van der Waals surface area contributed by atoms with E-state index in [9.17, 15) is 4.79 Å². The van der Waals surface area contributed by atoms with Gasteiger partial charge in [0.05, 0.1) is 6.04 Å². The van der Waals surface area contributed by atoms with Crippen molar-refractivity contribution in [2.75, 3.05) is 13.2 Å². The summed E-state index contributed by atoms with van der Waals surface area (Å²) in [5.41, 5.74) is 0. The zero-order chi connectivity index (χ0) is 12.4. The minimum atomic E-state index is 0.0955. The van der Waals surface area contributed by atoms with E-state index in [1.807, 2.05) is 4.90 Å². The zero-order valence-electron chi connectivity index (χ0n) is 10.7. The third kappa shape index (κ3) is 2.18. The van der Waals surface area contributed by atoms with E-state index in [0.29, 0.717) is 12.6 Å². The summed E-state index contributed by atoms with van der Waals surface area (Å²) < 4.78 is 0. The highest BCUT2D eigenvalue weighted by Crippen LogP contribution is 2.30. The number of azo groups is 1. The van der Waals surface area contributed by atoms with Crippen LogP contribution in [-0.2, 0) is 4.79 Å². The van der Waals surface area contributed by atoms with Gasteiger partial charge >= 0.3 is 0 Å². The van der Waals surface area contributed by atoms with Gasteiger partial charge in [-0.15, -0.1) is 5.11 Å². The van der Waals surface area contributed by atoms with Gasteiger partial charge in [0.2, 0.25) is 5.91 Å². The van der Waals surface area contributed by atoms with Crippen LogP contribution in [0.25, 0.3) is 0 Å². The number of aliphatic imine (C=N–C) groups is 1. The minimum absolute atomic E-state index is 0.0955. The standard InChI is InChI=1S/C13H20N4O/c18-13(10-5-1-2-6-10)17-8-4-3-7-11(17)12-14-9-15-16-12/h10-11H,1-9H2. The first kappa shape index (κ1) is 11.8. The molecule has 2 aliphatic heterocycles. The number of amides is 1. The van der Waals surface area contributed by atoms with E-state index in [2.05, 4.69) is 15.2 Å². The third-order valence-corrected chi connectivity index (χ3v) is 4.26. The Balaban J connectivity index is 1.74. The van der Waals surface area contributed by atoms with Crippen LogP contribution in [0, 0.1) is 5.92 Å². The lowest BCUT2D eigenvalue weighted by molar-refractivity contribution is -0.137. The van der Waals surface area contributed by atoms with Crippen LogP contribution in [0.1, 0.15) is 44.9 Å². The number of carbonyl (C=O) groups excluding carboxylic acids is 1. The fraction of sp³-hybridized carbons (Fsp3) is 0.846. The molecular formula is C13H20N4O. The maximum absolute atomic E-state index is 12.6. The molecule has 2 fully saturated rings. The van der Waals surface area contributed by atoms with Gasteiger partial charge in [0.15, 0.2) is 12.5 Å². The Morgan fingerprint density at radius 2 is 1.89 bits per heavy atom. The van der Waals surface area contributed by atoms with E-state index < -0.39 is 0 Å². The molecule has 2 heterocycles. The van der Waals surface area contributed by atoms with Crippen molar-refractivity contribution in [1.82, 2.24) is 4.90 Å². The van der Waals surface area contributed by atoms with E-state index in [1.54, 1.807) is 0 Å². The number of nitrogens with zero attached hydrogens (tertiary/aromatic N) is 4. The molecule has 5 heteroatoms. The number of hydrogen-bond acceptors (Lipinski definition) is 4. The van der Waals surface area contributed by atoms with Crippen molar-refractivity contribution >= 4 is 11.7 Å². The number of rotatable bonds is 2. The van der Waals surface area contributed by atoms with Crippen LogP contribution < -0.4 is 0 Å². The summed E-state index contributed by atoms with van der Waals surface area (Å²) in [6.45, 7) is 1.31. The SMILES string of the molecule is O=C(C1CCCC1)N1CCCCC1C1=NCN=N1. The highest BCUT2D eigenvalue weighted by Gasteiger charge is 2.35. The summed E-state index contributed by atoms with van der Waals surface area (Å²) in [6, 6.07) is 0.0955. The van der Waals surface area contributed by atoms with Crippen LogP contribution >= 0.6 is 0 Å². The van der Waals surface area contributed by atoms with E-state index >= 15 is 0 Å². The van der Waals surface area contributed by atoms with Gasteiger partial charge in [-0.2, -0.15) is 5.11 Å². The molecule has 0 radical (unpaired) electrons. The Labute approximate surface area is 107 Å². The zero-order valence-corrected chi connectivity index (χ0v) is 10.7. The van der Waals surface area contributed by atoms with Crippen LogP contribution in [0.4, 0.5) is 0 Å². The van der Waals surface area contributed by atoms with Crippen LogP contribution in [0.3, 0.4) is 0 Å². The number of carbonyl (C=O) groups is 1. The minimum Gasteiger partial charge on any atom is -0.332 e. The predicted octanol–water partition coefficient (Wildman–Crippen LogP) is 2.38. The van der Waals surface area contributed by atoms with Gasteiger partial charge in [0, 0.05) is 12.5 Å². The van der Waals surface area contributed by atoms with Crippen LogP contribution in [0.2, 0.25) is 0 Å². The number of amidine groups is 1. The maximum atomic E-state index is 12.6. The highest BCUT2D eigenvalue weighted by atomic mass is 16.2. The monoisotopic (exact) mass is 248 g/mol. The lowest BCUT2D eigenvalue weighted by Crippen LogP contribution is -2.49. The number of piperidine rings is 1. The van der Waals surface area contributed by atoms with Crippen molar-refractivity contribution in [2.24, 2.45) is 21.1 Å². The fourth-order valence-corrected chi connectivity index (χ4v) is 3.28. The van der Waals surface area contributed by atoms with Gasteiger partial charge < -0.3 is 4.90 Å². The van der Waals surface area contributed by atoms with Gasteiger partial charge in [-0.3, -0.25) is 4.79 Å². The first-order valence-corrected chi connectivity index (χ1v) is 7.08. The summed E-state index contributed by atoms with van der Waals surface area (Å²) in [6.07, 6.45) is 7.81. The summed E-state index contributed by atoms with van der Waals surface area (Å²) in [4.78, 5) is 18.9. The summed E-state index contributed by atoms with van der Waals surface area (Å²) in [5.74, 6) is 1.37. The van der Waals surface area contributed by atoms with E-state index in [-0.39, 0.29) is 12.0 Å². The highest BCUT2D eigenvalue weighted by molar-refractivity contribution is 5.93. The van der Waals surface area contributed by atoms with Crippen LogP contribution in [0.5, 0.6) is 0 Å². The van der Waals surface area contributed by atoms with Crippen LogP contribution in [-0.4, -0.2) is 35.9 Å². The molecule has 0 spiro atoms. The molecule has 1 atom stereocenters. The summed E-state index contributed by atoms with van der Waals surface area (Å²) in [7, 11) is 0.